The molecule has 1 atom stereocenters. The number of likely N-dealkylation sites (tertiary alicyclic amines) is 1. The number of carbonyl (C=O) groups excluding carboxylic acids is 1. The number of H-pyrrole nitrogens is 1. The first-order chi connectivity index (χ1) is 8.50. The molecule has 6 nitrogen and oxygen atoms in total. The summed E-state index contributed by atoms with van der Waals surface area (Å²) in [5.74, 6) is 0.160. The molecule has 0 bridgehead atoms. The third-order valence-corrected chi connectivity index (χ3v) is 3.71. The van der Waals surface area contributed by atoms with Gasteiger partial charge in [-0.25, -0.2) is 0 Å². The molecule has 6 heteroatoms. The van der Waals surface area contributed by atoms with Gasteiger partial charge in [0, 0.05) is 13.1 Å². The Morgan fingerprint density at radius 1 is 1.56 bits per heavy atom. The Morgan fingerprint density at radius 3 is 2.61 bits per heavy atom. The van der Waals surface area contributed by atoms with Crippen LogP contribution in [0.5, 0.6) is 0 Å². The summed E-state index contributed by atoms with van der Waals surface area (Å²) in [4.78, 5) is 14.0. The standard InChI is InChI=1S/C12H20N4O2/c1-7-10(13)11(15-14-7)12(18)16-5-3-9(4-6-16)8(2)17/h8-9,17H,3-6,13H2,1-2H3,(H,14,15). The number of aliphatic hydroxyl groups is 1. The second-order valence-corrected chi connectivity index (χ2v) is 4.98. The number of nitrogens with one attached hydrogen (secondary N) is 1. The molecule has 18 heavy (non-hydrogen) atoms. The smallest absolute Gasteiger partial charge is 0.276 e. The van der Waals surface area contributed by atoms with Crippen molar-refractivity contribution in [1.29, 1.82) is 0 Å². The van der Waals surface area contributed by atoms with Crippen LogP contribution in [0.1, 0.15) is 35.9 Å². The molecule has 0 aliphatic carbocycles. The Kier molecular flexibility index (Phi) is 3.56. The molecule has 100 valence electrons. The van der Waals surface area contributed by atoms with Crippen LogP contribution in [0.3, 0.4) is 0 Å². The van der Waals surface area contributed by atoms with Crippen molar-refractivity contribution in [3.8, 4) is 0 Å². The van der Waals surface area contributed by atoms with Gasteiger partial charge in [0.1, 0.15) is 0 Å². The average molecular weight is 252 g/mol. The van der Waals surface area contributed by atoms with Crippen LogP contribution in [-0.2, 0) is 0 Å². The molecule has 1 aromatic rings. The van der Waals surface area contributed by atoms with Gasteiger partial charge in [0.25, 0.3) is 5.91 Å². The Labute approximate surface area is 106 Å². The summed E-state index contributed by atoms with van der Waals surface area (Å²) < 4.78 is 0. The summed E-state index contributed by atoms with van der Waals surface area (Å²) in [5, 5.41) is 16.2. The molecule has 1 fully saturated rings. The minimum atomic E-state index is -0.306. The lowest BCUT2D eigenvalue weighted by atomic mass is 9.92. The zero-order valence-electron chi connectivity index (χ0n) is 10.8. The van der Waals surface area contributed by atoms with Crippen LogP contribution in [0.2, 0.25) is 0 Å². The molecule has 0 radical (unpaired) electrons. The van der Waals surface area contributed by atoms with Gasteiger partial charge in [-0.3, -0.25) is 9.89 Å². The number of rotatable bonds is 2. The van der Waals surface area contributed by atoms with Crippen LogP contribution >= 0.6 is 0 Å². The lowest BCUT2D eigenvalue weighted by Crippen LogP contribution is -2.41. The van der Waals surface area contributed by atoms with Crippen LogP contribution in [0.25, 0.3) is 0 Å². The van der Waals surface area contributed by atoms with Crippen molar-refractivity contribution in [3.63, 3.8) is 0 Å². The number of carbonyl (C=O) groups is 1. The summed E-state index contributed by atoms with van der Waals surface area (Å²) in [7, 11) is 0. The fraction of sp³-hybridized carbons (Fsp3) is 0.667. The van der Waals surface area contributed by atoms with E-state index in [2.05, 4.69) is 10.2 Å². The third kappa shape index (κ3) is 2.33. The molecule has 1 amide bonds. The highest BCUT2D eigenvalue weighted by atomic mass is 16.3. The van der Waals surface area contributed by atoms with Crippen LogP contribution in [0, 0.1) is 12.8 Å². The summed E-state index contributed by atoms with van der Waals surface area (Å²) >= 11 is 0. The normalized spacial score (nSPS) is 18.9. The lowest BCUT2D eigenvalue weighted by Gasteiger charge is -2.32. The molecule has 2 heterocycles. The van der Waals surface area contributed by atoms with Crippen LogP contribution < -0.4 is 5.73 Å². The quantitative estimate of drug-likeness (QED) is 0.715. The van der Waals surface area contributed by atoms with Crippen molar-refractivity contribution in [2.24, 2.45) is 5.92 Å². The van der Waals surface area contributed by atoms with E-state index in [-0.39, 0.29) is 17.9 Å². The number of aromatic amines is 1. The number of nitrogen functional groups attached to an aromatic ring is 1. The van der Waals surface area contributed by atoms with Gasteiger partial charge in [-0.1, -0.05) is 0 Å². The lowest BCUT2D eigenvalue weighted by molar-refractivity contribution is 0.0518. The molecule has 0 saturated carbocycles. The van der Waals surface area contributed by atoms with E-state index < -0.39 is 0 Å². The molecule has 1 aliphatic heterocycles. The molecule has 1 saturated heterocycles. The summed E-state index contributed by atoms with van der Waals surface area (Å²) in [6.07, 6.45) is 1.35. The van der Waals surface area contributed by atoms with Gasteiger partial charge in [0.15, 0.2) is 5.69 Å². The van der Waals surface area contributed by atoms with Crippen molar-refractivity contribution in [2.45, 2.75) is 32.8 Å². The summed E-state index contributed by atoms with van der Waals surface area (Å²) in [6.45, 7) is 4.90. The first-order valence-corrected chi connectivity index (χ1v) is 6.28. The van der Waals surface area contributed by atoms with Crippen molar-refractivity contribution in [2.75, 3.05) is 18.8 Å². The molecule has 0 spiro atoms. The molecule has 4 N–H and O–H groups in total. The van der Waals surface area contributed by atoms with E-state index in [1.54, 1.807) is 18.7 Å². The second kappa shape index (κ2) is 4.97. The van der Waals surface area contributed by atoms with Crippen LogP contribution in [-0.4, -0.2) is 45.3 Å². The monoisotopic (exact) mass is 252 g/mol. The predicted octanol–water partition coefficient (Wildman–Crippen LogP) is 0.533. The summed E-state index contributed by atoms with van der Waals surface area (Å²) in [5.41, 5.74) is 7.26. The highest BCUT2D eigenvalue weighted by Crippen LogP contribution is 2.23. The molecule has 1 aromatic heterocycles. The van der Waals surface area contributed by atoms with Crippen molar-refractivity contribution < 1.29 is 9.90 Å². The van der Waals surface area contributed by atoms with Gasteiger partial charge in [0.2, 0.25) is 0 Å². The maximum atomic E-state index is 12.2. The van der Waals surface area contributed by atoms with Crippen molar-refractivity contribution in [1.82, 2.24) is 15.1 Å². The van der Waals surface area contributed by atoms with Gasteiger partial charge in [0.05, 0.1) is 17.5 Å². The molecule has 2 rings (SSSR count). The zero-order chi connectivity index (χ0) is 13.3. The average Bonchev–Trinajstić information content (AvgIpc) is 2.69. The van der Waals surface area contributed by atoms with Crippen LogP contribution in [0.4, 0.5) is 5.69 Å². The predicted molar refractivity (Wildman–Crippen MR) is 68.0 cm³/mol. The van der Waals surface area contributed by atoms with E-state index in [1.165, 1.54) is 0 Å². The molecule has 0 aromatic carbocycles. The Morgan fingerprint density at radius 2 is 2.17 bits per heavy atom. The topological polar surface area (TPSA) is 95.2 Å². The van der Waals surface area contributed by atoms with Gasteiger partial charge in [-0.05, 0) is 32.6 Å². The van der Waals surface area contributed by atoms with E-state index >= 15 is 0 Å². The molecular formula is C12H20N4O2. The fourth-order valence-electron chi connectivity index (χ4n) is 2.34. The number of piperidine rings is 1. The van der Waals surface area contributed by atoms with E-state index in [4.69, 9.17) is 5.73 Å². The van der Waals surface area contributed by atoms with Crippen molar-refractivity contribution >= 4 is 11.6 Å². The number of amides is 1. The van der Waals surface area contributed by atoms with E-state index in [0.717, 1.165) is 18.5 Å². The van der Waals surface area contributed by atoms with Crippen molar-refractivity contribution in [3.05, 3.63) is 11.4 Å². The van der Waals surface area contributed by atoms with Gasteiger partial charge in [-0.15, -0.1) is 0 Å². The number of aromatic nitrogens is 2. The number of aryl methyl sites for hydroxylation is 1. The molecular weight excluding hydrogens is 232 g/mol. The largest absolute Gasteiger partial charge is 0.395 e. The maximum Gasteiger partial charge on any atom is 0.276 e. The van der Waals surface area contributed by atoms with Crippen LogP contribution in [0.15, 0.2) is 0 Å². The molecule has 1 aliphatic rings. The highest BCUT2D eigenvalue weighted by Gasteiger charge is 2.28. The van der Waals surface area contributed by atoms with Gasteiger partial charge in [-0.2, -0.15) is 5.10 Å². The first kappa shape index (κ1) is 12.9. The third-order valence-electron chi connectivity index (χ3n) is 3.71. The van der Waals surface area contributed by atoms with E-state index in [0.29, 0.717) is 24.5 Å². The minimum absolute atomic E-state index is 0.124. The summed E-state index contributed by atoms with van der Waals surface area (Å²) in [6, 6.07) is 0. The zero-order valence-corrected chi connectivity index (χ0v) is 10.8. The van der Waals surface area contributed by atoms with E-state index in [9.17, 15) is 9.90 Å². The number of hydrogen-bond acceptors (Lipinski definition) is 4. The molecule has 1 unspecified atom stereocenters. The SMILES string of the molecule is Cc1[nH]nc(C(=O)N2CCC(C(C)O)CC2)c1N. The number of hydrogen-bond donors (Lipinski definition) is 3. The first-order valence-electron chi connectivity index (χ1n) is 6.28. The minimum Gasteiger partial charge on any atom is -0.395 e. The van der Waals surface area contributed by atoms with Gasteiger partial charge >= 0.3 is 0 Å². The highest BCUT2D eigenvalue weighted by molar-refractivity contribution is 5.97. The maximum absolute atomic E-state index is 12.2. The second-order valence-electron chi connectivity index (χ2n) is 4.98. The number of nitrogens with zero attached hydrogens (tertiary/aromatic N) is 2. The number of nitrogens with two attached hydrogens (primary N) is 1. The number of aliphatic hydroxyl groups excluding tert-OH is 1. The number of anilines is 1. The Bertz CT molecular complexity index is 433. The van der Waals surface area contributed by atoms with Gasteiger partial charge < -0.3 is 15.7 Å². The Balaban J connectivity index is 2.02. The van der Waals surface area contributed by atoms with E-state index in [1.807, 2.05) is 0 Å². The Hall–Kier alpha value is -1.56. The fourth-order valence-corrected chi connectivity index (χ4v) is 2.34.